The fraction of sp³-hybridized carbons (Fsp3) is 0.143. The van der Waals surface area contributed by atoms with E-state index in [1.165, 1.54) is 6.08 Å². The smallest absolute Gasteiger partial charge is 0.321 e. The lowest BCUT2D eigenvalue weighted by Gasteiger charge is -2.11. The highest BCUT2D eigenvalue weighted by atomic mass is 35.5. The molecule has 3 amide bonds. The summed E-state index contributed by atoms with van der Waals surface area (Å²) in [7, 11) is 0. The topological polar surface area (TPSA) is 98.1 Å². The van der Waals surface area contributed by atoms with E-state index in [0.717, 1.165) is 17.4 Å². The molecule has 0 saturated carbocycles. The van der Waals surface area contributed by atoms with Crippen molar-refractivity contribution in [1.29, 1.82) is 0 Å². The molecule has 2 aromatic carbocycles. The number of urea groups is 1. The van der Waals surface area contributed by atoms with Crippen LogP contribution in [0.4, 0.5) is 4.79 Å². The van der Waals surface area contributed by atoms with Gasteiger partial charge in [0.2, 0.25) is 5.91 Å². The predicted octanol–water partition coefficient (Wildman–Crippen LogP) is 3.60. The van der Waals surface area contributed by atoms with Crippen LogP contribution in [-0.2, 0) is 11.4 Å². The van der Waals surface area contributed by atoms with E-state index in [-0.39, 0.29) is 18.9 Å². The fourth-order valence-electron chi connectivity index (χ4n) is 2.53. The first-order valence-corrected chi connectivity index (χ1v) is 10.6. The van der Waals surface area contributed by atoms with Crippen molar-refractivity contribution in [3.63, 3.8) is 0 Å². The number of nitrogens with zero attached hydrogens (tertiary/aromatic N) is 3. The molecule has 3 aromatic rings. The molecule has 0 unspecified atom stereocenters. The van der Waals surface area contributed by atoms with Gasteiger partial charge in [-0.1, -0.05) is 59.8 Å². The molecule has 31 heavy (non-hydrogen) atoms. The molecule has 10 heteroatoms. The summed E-state index contributed by atoms with van der Waals surface area (Å²) < 4.78 is 7.61. The molecule has 8 nitrogen and oxygen atoms in total. The molecular formula is C21H20ClN5O3S. The highest BCUT2D eigenvalue weighted by molar-refractivity contribution is 7.99. The highest BCUT2D eigenvalue weighted by Crippen LogP contribution is 2.26. The van der Waals surface area contributed by atoms with Crippen molar-refractivity contribution in [3.8, 4) is 11.4 Å². The molecule has 1 heterocycles. The number of thioether (sulfide) groups is 1. The summed E-state index contributed by atoms with van der Waals surface area (Å²) in [4.78, 5) is 23.7. The number of aromatic nitrogens is 3. The second-order valence-electron chi connectivity index (χ2n) is 6.12. The van der Waals surface area contributed by atoms with Gasteiger partial charge in [0, 0.05) is 12.2 Å². The van der Waals surface area contributed by atoms with Gasteiger partial charge in [-0.15, -0.1) is 16.8 Å². The van der Waals surface area contributed by atoms with Crippen LogP contribution in [0.25, 0.3) is 5.69 Å². The van der Waals surface area contributed by atoms with E-state index in [1.54, 1.807) is 16.7 Å². The summed E-state index contributed by atoms with van der Waals surface area (Å²) in [5.41, 5.74) is 0.817. The maximum absolute atomic E-state index is 12.1. The van der Waals surface area contributed by atoms with Crippen molar-refractivity contribution in [2.75, 3.05) is 12.3 Å². The minimum atomic E-state index is -0.580. The van der Waals surface area contributed by atoms with E-state index in [2.05, 4.69) is 27.4 Å². The number of ether oxygens (including phenoxy) is 1. The number of imide groups is 1. The predicted molar refractivity (Wildman–Crippen MR) is 120 cm³/mol. The Morgan fingerprint density at radius 1 is 1.13 bits per heavy atom. The Kier molecular flexibility index (Phi) is 8.08. The lowest BCUT2D eigenvalue weighted by atomic mass is 10.3. The van der Waals surface area contributed by atoms with Gasteiger partial charge in [-0.3, -0.25) is 14.7 Å². The van der Waals surface area contributed by atoms with Gasteiger partial charge in [0.1, 0.15) is 12.4 Å². The summed E-state index contributed by atoms with van der Waals surface area (Å²) in [5.74, 6) is 0.601. The van der Waals surface area contributed by atoms with Crippen LogP contribution in [0.15, 0.2) is 72.4 Å². The monoisotopic (exact) mass is 457 g/mol. The minimum absolute atomic E-state index is 0.0160. The Bertz CT molecular complexity index is 1060. The van der Waals surface area contributed by atoms with Crippen molar-refractivity contribution in [3.05, 3.63) is 78.1 Å². The summed E-state index contributed by atoms with van der Waals surface area (Å²) in [6.07, 6.45) is 1.52. The van der Waals surface area contributed by atoms with Gasteiger partial charge in [0.25, 0.3) is 0 Å². The van der Waals surface area contributed by atoms with E-state index < -0.39 is 11.9 Å². The Balaban J connectivity index is 1.73. The fourth-order valence-corrected chi connectivity index (χ4v) is 3.49. The molecule has 0 bridgehead atoms. The molecule has 3 rings (SSSR count). The Morgan fingerprint density at radius 3 is 2.61 bits per heavy atom. The number of benzene rings is 2. The number of nitrogens with one attached hydrogen (secondary N) is 2. The van der Waals surface area contributed by atoms with E-state index in [1.807, 2.05) is 42.5 Å². The molecule has 0 aliphatic rings. The normalized spacial score (nSPS) is 10.4. The van der Waals surface area contributed by atoms with Crippen LogP contribution in [-0.4, -0.2) is 39.0 Å². The van der Waals surface area contributed by atoms with Gasteiger partial charge in [-0.25, -0.2) is 4.79 Å². The van der Waals surface area contributed by atoms with Gasteiger partial charge < -0.3 is 10.1 Å². The zero-order valence-electron chi connectivity index (χ0n) is 16.5. The zero-order chi connectivity index (χ0) is 22.1. The standard InChI is InChI=1S/C21H20ClN5O3S/c1-2-12-23-20(29)24-19(28)14-31-21-26-25-18(27(21)15-8-4-3-5-9-15)13-30-17-11-7-6-10-16(17)22/h2-11H,1,12-14H2,(H2,23,24,28,29). The first-order valence-electron chi connectivity index (χ1n) is 9.27. The number of hydrogen-bond donors (Lipinski definition) is 2. The van der Waals surface area contributed by atoms with Crippen molar-refractivity contribution >= 4 is 35.3 Å². The maximum Gasteiger partial charge on any atom is 0.321 e. The summed E-state index contributed by atoms with van der Waals surface area (Å²) in [6.45, 7) is 3.90. The lowest BCUT2D eigenvalue weighted by Crippen LogP contribution is -2.40. The average Bonchev–Trinajstić information content (AvgIpc) is 3.19. The van der Waals surface area contributed by atoms with Crippen LogP contribution in [0.5, 0.6) is 5.75 Å². The van der Waals surface area contributed by atoms with Crippen molar-refractivity contribution < 1.29 is 14.3 Å². The lowest BCUT2D eigenvalue weighted by molar-refractivity contribution is -0.117. The third kappa shape index (κ3) is 6.34. The molecule has 0 fully saturated rings. The van der Waals surface area contributed by atoms with Crippen LogP contribution in [0.2, 0.25) is 5.02 Å². The Labute approximate surface area is 188 Å². The van der Waals surface area contributed by atoms with E-state index in [4.69, 9.17) is 16.3 Å². The molecule has 0 spiro atoms. The van der Waals surface area contributed by atoms with Crippen molar-refractivity contribution in [2.45, 2.75) is 11.8 Å². The van der Waals surface area contributed by atoms with Crippen LogP contribution in [0.1, 0.15) is 5.82 Å². The number of amides is 3. The SMILES string of the molecule is C=CCNC(=O)NC(=O)CSc1nnc(COc2ccccc2Cl)n1-c1ccccc1. The van der Waals surface area contributed by atoms with Crippen molar-refractivity contribution in [1.82, 2.24) is 25.4 Å². The molecule has 2 N–H and O–H groups in total. The number of carbonyl (C=O) groups is 2. The largest absolute Gasteiger partial charge is 0.484 e. The van der Waals surface area contributed by atoms with E-state index >= 15 is 0 Å². The molecule has 0 radical (unpaired) electrons. The Morgan fingerprint density at radius 2 is 1.87 bits per heavy atom. The Hall–Kier alpha value is -3.30. The number of carbonyl (C=O) groups excluding carboxylic acids is 2. The molecule has 160 valence electrons. The first kappa shape index (κ1) is 22.4. The quantitative estimate of drug-likeness (QED) is 0.376. The molecule has 0 atom stereocenters. The van der Waals surface area contributed by atoms with Crippen LogP contribution < -0.4 is 15.4 Å². The zero-order valence-corrected chi connectivity index (χ0v) is 18.0. The third-order valence-electron chi connectivity index (χ3n) is 3.90. The second-order valence-corrected chi connectivity index (χ2v) is 7.47. The molecule has 0 saturated heterocycles. The van der Waals surface area contributed by atoms with Gasteiger partial charge in [0.05, 0.1) is 10.8 Å². The number of para-hydroxylation sites is 2. The first-order chi connectivity index (χ1) is 15.1. The highest BCUT2D eigenvalue weighted by Gasteiger charge is 2.17. The average molecular weight is 458 g/mol. The van der Waals surface area contributed by atoms with Gasteiger partial charge in [0.15, 0.2) is 11.0 Å². The minimum Gasteiger partial charge on any atom is -0.484 e. The van der Waals surface area contributed by atoms with Crippen molar-refractivity contribution in [2.24, 2.45) is 0 Å². The number of rotatable bonds is 9. The van der Waals surface area contributed by atoms with Crippen LogP contribution >= 0.6 is 23.4 Å². The van der Waals surface area contributed by atoms with Gasteiger partial charge in [-0.2, -0.15) is 0 Å². The number of hydrogen-bond acceptors (Lipinski definition) is 6. The second kappa shape index (κ2) is 11.2. The summed E-state index contributed by atoms with van der Waals surface area (Å²) in [6, 6.07) is 16.0. The molecule has 0 aliphatic heterocycles. The van der Waals surface area contributed by atoms with Gasteiger partial charge >= 0.3 is 6.03 Å². The molecule has 1 aromatic heterocycles. The summed E-state index contributed by atoms with van der Waals surface area (Å²) in [5, 5.41) is 14.1. The van der Waals surface area contributed by atoms with E-state index in [9.17, 15) is 9.59 Å². The van der Waals surface area contributed by atoms with Crippen LogP contribution in [0, 0.1) is 0 Å². The van der Waals surface area contributed by atoms with Gasteiger partial charge in [-0.05, 0) is 24.3 Å². The van der Waals surface area contributed by atoms with Crippen LogP contribution in [0.3, 0.4) is 0 Å². The molecular weight excluding hydrogens is 438 g/mol. The molecule has 0 aliphatic carbocycles. The third-order valence-corrected chi connectivity index (χ3v) is 5.14. The summed E-state index contributed by atoms with van der Waals surface area (Å²) >= 11 is 7.31. The number of halogens is 1. The maximum atomic E-state index is 12.1. The van der Waals surface area contributed by atoms with E-state index in [0.29, 0.717) is 21.8 Å².